The molecule has 2 heterocycles. The second-order valence-corrected chi connectivity index (χ2v) is 7.70. The van der Waals surface area contributed by atoms with Crippen molar-refractivity contribution in [2.45, 2.75) is 23.1 Å². The van der Waals surface area contributed by atoms with Crippen LogP contribution in [0, 0.1) is 0 Å². The van der Waals surface area contributed by atoms with Gasteiger partial charge in [0, 0.05) is 26.2 Å². The van der Waals surface area contributed by atoms with Crippen LogP contribution in [0.4, 0.5) is 0 Å². The van der Waals surface area contributed by atoms with Crippen LogP contribution < -0.4 is 10.6 Å². The van der Waals surface area contributed by atoms with Crippen molar-refractivity contribution in [2.75, 3.05) is 20.1 Å². The highest BCUT2D eigenvalue weighted by Crippen LogP contribution is 2.28. The SMILES string of the molecule is CNC(=O)C(=O)NCC1CCCN1S(=O)(=O)c1cccs1. The zero-order chi connectivity index (χ0) is 15.5. The summed E-state index contributed by atoms with van der Waals surface area (Å²) in [5, 5.41) is 6.41. The molecule has 0 saturated carbocycles. The molecule has 1 aromatic rings. The highest BCUT2D eigenvalue weighted by atomic mass is 32.2. The van der Waals surface area contributed by atoms with Crippen molar-refractivity contribution in [3.63, 3.8) is 0 Å². The fourth-order valence-electron chi connectivity index (χ4n) is 2.26. The molecule has 0 spiro atoms. The Morgan fingerprint density at radius 3 is 2.81 bits per heavy atom. The third kappa shape index (κ3) is 3.42. The van der Waals surface area contributed by atoms with Crippen molar-refractivity contribution in [1.82, 2.24) is 14.9 Å². The molecule has 1 fully saturated rings. The largest absolute Gasteiger partial charge is 0.351 e. The highest BCUT2D eigenvalue weighted by molar-refractivity contribution is 7.91. The Morgan fingerprint density at radius 2 is 2.19 bits per heavy atom. The minimum atomic E-state index is -3.52. The highest BCUT2D eigenvalue weighted by Gasteiger charge is 2.36. The van der Waals surface area contributed by atoms with Gasteiger partial charge in [-0.25, -0.2) is 8.42 Å². The molecule has 1 aliphatic rings. The van der Waals surface area contributed by atoms with Gasteiger partial charge in [-0.2, -0.15) is 4.31 Å². The van der Waals surface area contributed by atoms with E-state index in [1.807, 2.05) is 0 Å². The summed E-state index contributed by atoms with van der Waals surface area (Å²) in [6.45, 7) is 0.567. The van der Waals surface area contributed by atoms with Gasteiger partial charge in [0.15, 0.2) is 0 Å². The van der Waals surface area contributed by atoms with Gasteiger partial charge in [-0.05, 0) is 24.3 Å². The number of carbonyl (C=O) groups excluding carboxylic acids is 2. The van der Waals surface area contributed by atoms with Gasteiger partial charge >= 0.3 is 11.8 Å². The molecule has 1 atom stereocenters. The van der Waals surface area contributed by atoms with E-state index in [2.05, 4.69) is 10.6 Å². The zero-order valence-corrected chi connectivity index (χ0v) is 13.2. The number of rotatable bonds is 4. The smallest absolute Gasteiger partial charge is 0.309 e. The lowest BCUT2D eigenvalue weighted by Crippen LogP contribution is -2.46. The van der Waals surface area contributed by atoms with Gasteiger partial charge in [-0.15, -0.1) is 11.3 Å². The van der Waals surface area contributed by atoms with Crippen LogP contribution in [0.5, 0.6) is 0 Å². The molecule has 0 aliphatic carbocycles. The van der Waals surface area contributed by atoms with E-state index < -0.39 is 21.8 Å². The monoisotopic (exact) mass is 331 g/mol. The van der Waals surface area contributed by atoms with E-state index in [9.17, 15) is 18.0 Å². The maximum Gasteiger partial charge on any atom is 0.309 e. The van der Waals surface area contributed by atoms with E-state index in [-0.39, 0.29) is 12.6 Å². The zero-order valence-electron chi connectivity index (χ0n) is 11.5. The lowest BCUT2D eigenvalue weighted by atomic mass is 10.2. The van der Waals surface area contributed by atoms with Gasteiger partial charge in [0.1, 0.15) is 4.21 Å². The van der Waals surface area contributed by atoms with Crippen LogP contribution in [0.1, 0.15) is 12.8 Å². The van der Waals surface area contributed by atoms with Crippen molar-refractivity contribution in [3.05, 3.63) is 17.5 Å². The molecule has 116 valence electrons. The fraction of sp³-hybridized carbons (Fsp3) is 0.500. The van der Waals surface area contributed by atoms with E-state index >= 15 is 0 Å². The summed E-state index contributed by atoms with van der Waals surface area (Å²) in [4.78, 5) is 22.6. The Hall–Kier alpha value is -1.45. The predicted molar refractivity (Wildman–Crippen MR) is 78.3 cm³/mol. The maximum absolute atomic E-state index is 12.5. The van der Waals surface area contributed by atoms with Crippen molar-refractivity contribution in [3.8, 4) is 0 Å². The molecule has 0 bridgehead atoms. The van der Waals surface area contributed by atoms with E-state index in [4.69, 9.17) is 0 Å². The first-order chi connectivity index (χ1) is 9.96. The Balaban J connectivity index is 2.04. The van der Waals surface area contributed by atoms with Gasteiger partial charge in [0.2, 0.25) is 0 Å². The van der Waals surface area contributed by atoms with Crippen molar-refractivity contribution >= 4 is 33.2 Å². The Labute approximate surface area is 127 Å². The standard InChI is InChI=1S/C12H17N3O4S2/c1-13-11(16)12(17)14-8-9-4-2-6-15(9)21(18,19)10-5-3-7-20-10/h3,5,7,9H,2,4,6,8H2,1H3,(H,13,16)(H,14,17). The van der Waals surface area contributed by atoms with Crippen LogP contribution in [-0.2, 0) is 19.6 Å². The molecule has 1 aliphatic heterocycles. The van der Waals surface area contributed by atoms with Gasteiger partial charge in [0.25, 0.3) is 10.0 Å². The normalized spacial score (nSPS) is 19.4. The summed E-state index contributed by atoms with van der Waals surface area (Å²) in [6.07, 6.45) is 1.41. The third-order valence-corrected chi connectivity index (χ3v) is 6.64. The van der Waals surface area contributed by atoms with Gasteiger partial charge in [-0.1, -0.05) is 6.07 Å². The number of nitrogens with zero attached hydrogens (tertiary/aromatic N) is 1. The number of hydrogen-bond acceptors (Lipinski definition) is 5. The van der Waals surface area contributed by atoms with Crippen LogP contribution in [0.25, 0.3) is 0 Å². The molecule has 0 radical (unpaired) electrons. The summed E-state index contributed by atoms with van der Waals surface area (Å²) in [5.41, 5.74) is 0. The fourth-order valence-corrected chi connectivity index (χ4v) is 5.07. The van der Waals surface area contributed by atoms with E-state index in [0.29, 0.717) is 17.2 Å². The molecule has 2 amide bonds. The second kappa shape index (κ2) is 6.54. The topological polar surface area (TPSA) is 95.6 Å². The first kappa shape index (κ1) is 15.9. The number of sulfonamides is 1. The molecule has 9 heteroatoms. The van der Waals surface area contributed by atoms with Crippen LogP contribution in [0.2, 0.25) is 0 Å². The predicted octanol–water partition coefficient (Wildman–Crippen LogP) is -0.237. The number of hydrogen-bond donors (Lipinski definition) is 2. The van der Waals surface area contributed by atoms with Crippen LogP contribution in [-0.4, -0.2) is 50.7 Å². The van der Waals surface area contributed by atoms with E-state index in [1.165, 1.54) is 22.7 Å². The molecule has 1 saturated heterocycles. The first-order valence-electron chi connectivity index (χ1n) is 6.52. The average Bonchev–Trinajstić information content (AvgIpc) is 3.14. The lowest BCUT2D eigenvalue weighted by Gasteiger charge is -2.23. The van der Waals surface area contributed by atoms with Gasteiger partial charge < -0.3 is 10.6 Å². The van der Waals surface area contributed by atoms with Crippen molar-refractivity contribution in [2.24, 2.45) is 0 Å². The number of carbonyl (C=O) groups is 2. The summed E-state index contributed by atoms with van der Waals surface area (Å²) in [7, 11) is -2.15. The van der Waals surface area contributed by atoms with Crippen LogP contribution >= 0.6 is 11.3 Å². The van der Waals surface area contributed by atoms with E-state index in [1.54, 1.807) is 17.5 Å². The lowest BCUT2D eigenvalue weighted by molar-refractivity contribution is -0.138. The molecular formula is C12H17N3O4S2. The van der Waals surface area contributed by atoms with E-state index in [0.717, 1.165) is 6.42 Å². The summed E-state index contributed by atoms with van der Waals surface area (Å²) < 4.78 is 26.7. The van der Waals surface area contributed by atoms with Crippen molar-refractivity contribution < 1.29 is 18.0 Å². The molecule has 21 heavy (non-hydrogen) atoms. The summed E-state index contributed by atoms with van der Waals surface area (Å²) in [5.74, 6) is -1.49. The van der Waals surface area contributed by atoms with Crippen LogP contribution in [0.3, 0.4) is 0 Å². The molecule has 2 rings (SSSR count). The quantitative estimate of drug-likeness (QED) is 0.745. The number of likely N-dealkylation sites (N-methyl/N-ethyl adjacent to an activating group) is 1. The number of thiophene rings is 1. The molecule has 0 aromatic carbocycles. The van der Waals surface area contributed by atoms with Crippen molar-refractivity contribution in [1.29, 1.82) is 0 Å². The number of nitrogens with one attached hydrogen (secondary N) is 2. The second-order valence-electron chi connectivity index (χ2n) is 4.63. The minimum Gasteiger partial charge on any atom is -0.351 e. The number of amides is 2. The Kier molecular flexibility index (Phi) is 4.96. The Morgan fingerprint density at radius 1 is 1.43 bits per heavy atom. The molecule has 1 aromatic heterocycles. The maximum atomic E-state index is 12.5. The molecule has 2 N–H and O–H groups in total. The van der Waals surface area contributed by atoms with Gasteiger partial charge in [0.05, 0.1) is 0 Å². The third-order valence-electron chi connectivity index (χ3n) is 3.31. The average molecular weight is 331 g/mol. The van der Waals surface area contributed by atoms with Gasteiger partial charge in [-0.3, -0.25) is 9.59 Å². The first-order valence-corrected chi connectivity index (χ1v) is 8.84. The minimum absolute atomic E-state index is 0.136. The van der Waals surface area contributed by atoms with Crippen LogP contribution in [0.15, 0.2) is 21.7 Å². The summed E-state index contributed by atoms with van der Waals surface area (Å²) in [6, 6.07) is 2.94. The summed E-state index contributed by atoms with van der Waals surface area (Å²) >= 11 is 1.17. The molecule has 7 nitrogen and oxygen atoms in total. The molecule has 1 unspecified atom stereocenters. The Bertz CT molecular complexity index is 612. The molecular weight excluding hydrogens is 314 g/mol.